The molecule has 0 amide bonds. The van der Waals surface area contributed by atoms with Crippen LogP contribution in [0.5, 0.6) is 5.75 Å². The maximum Gasteiger partial charge on any atom is 0.130 e. The lowest BCUT2D eigenvalue weighted by atomic mass is 10.0. The van der Waals surface area contributed by atoms with Crippen LogP contribution in [0.25, 0.3) is 11.1 Å². The van der Waals surface area contributed by atoms with Crippen LogP contribution >= 0.6 is 0 Å². The number of aromatic amines is 1. The van der Waals surface area contributed by atoms with E-state index in [0.717, 1.165) is 22.4 Å². The summed E-state index contributed by atoms with van der Waals surface area (Å²) in [6.45, 7) is 0.408. The Morgan fingerprint density at radius 2 is 1.78 bits per heavy atom. The maximum absolute atomic E-state index is 14.6. The summed E-state index contributed by atoms with van der Waals surface area (Å²) < 4.78 is 20.3. The molecule has 0 spiro atoms. The smallest absolute Gasteiger partial charge is 0.130 e. The molecule has 1 N–H and O–H groups in total. The first-order chi connectivity index (χ1) is 13.3. The molecule has 134 valence electrons. The topological polar surface area (TPSA) is 50.8 Å². The fraction of sp³-hybridized carbons (Fsp3) is 0.0909. The van der Waals surface area contributed by atoms with Crippen molar-refractivity contribution in [2.45, 2.75) is 13.0 Å². The summed E-state index contributed by atoms with van der Waals surface area (Å²) in [7, 11) is 0. The molecule has 4 aromatic rings. The van der Waals surface area contributed by atoms with Crippen LogP contribution in [-0.2, 0) is 13.0 Å². The molecule has 27 heavy (non-hydrogen) atoms. The molecule has 4 nitrogen and oxygen atoms in total. The summed E-state index contributed by atoms with van der Waals surface area (Å²) in [4.78, 5) is 4.03. The number of rotatable bonds is 6. The largest absolute Gasteiger partial charge is 0.489 e. The normalized spacial score (nSPS) is 10.7. The van der Waals surface area contributed by atoms with Crippen molar-refractivity contribution in [2.24, 2.45) is 0 Å². The number of aromatic nitrogens is 3. The molecule has 0 saturated carbocycles. The Morgan fingerprint density at radius 1 is 0.963 bits per heavy atom. The number of nitrogens with zero attached hydrogens (tertiary/aromatic N) is 2. The third-order valence-corrected chi connectivity index (χ3v) is 4.34. The molecule has 0 saturated heterocycles. The molecule has 0 unspecified atom stereocenters. The summed E-state index contributed by atoms with van der Waals surface area (Å²) in [6.07, 6.45) is 5.67. The first-order valence-electron chi connectivity index (χ1n) is 8.68. The van der Waals surface area contributed by atoms with Gasteiger partial charge in [-0.05, 0) is 34.9 Å². The fourth-order valence-electron chi connectivity index (χ4n) is 2.92. The second kappa shape index (κ2) is 7.83. The molecule has 4 rings (SSSR count). The van der Waals surface area contributed by atoms with Gasteiger partial charge in [-0.1, -0.05) is 36.4 Å². The number of H-pyrrole nitrogens is 1. The SMILES string of the molecule is Fc1cc(OCc2ccccc2)ccc1Cc1n[nH]cc1-c1ccncc1. The number of hydrogen-bond donors (Lipinski definition) is 1. The number of pyridine rings is 1. The van der Waals surface area contributed by atoms with Crippen LogP contribution in [0.15, 0.2) is 79.3 Å². The molecule has 0 aliphatic rings. The minimum absolute atomic E-state index is 0.302. The number of benzene rings is 2. The quantitative estimate of drug-likeness (QED) is 0.539. The van der Waals surface area contributed by atoms with Crippen molar-refractivity contribution < 1.29 is 9.13 Å². The van der Waals surface area contributed by atoms with Gasteiger partial charge in [0.2, 0.25) is 0 Å². The zero-order valence-corrected chi connectivity index (χ0v) is 14.6. The number of nitrogens with one attached hydrogen (secondary N) is 1. The molecular formula is C22H18FN3O. The van der Waals surface area contributed by atoms with Gasteiger partial charge in [-0.25, -0.2) is 4.39 Å². The minimum atomic E-state index is -0.302. The molecule has 0 bridgehead atoms. The van der Waals surface area contributed by atoms with Gasteiger partial charge < -0.3 is 4.74 Å². The predicted octanol–water partition coefficient (Wildman–Crippen LogP) is 4.78. The third-order valence-electron chi connectivity index (χ3n) is 4.34. The Kier molecular flexibility index (Phi) is 4.92. The van der Waals surface area contributed by atoms with Crippen molar-refractivity contribution >= 4 is 0 Å². The lowest BCUT2D eigenvalue weighted by molar-refractivity contribution is 0.304. The first-order valence-corrected chi connectivity index (χ1v) is 8.68. The van der Waals surface area contributed by atoms with E-state index < -0.39 is 0 Å². The molecular weight excluding hydrogens is 341 g/mol. The molecule has 5 heteroatoms. The van der Waals surface area contributed by atoms with E-state index >= 15 is 0 Å². The van der Waals surface area contributed by atoms with Crippen molar-refractivity contribution in [1.82, 2.24) is 15.2 Å². The summed E-state index contributed by atoms with van der Waals surface area (Å²) in [5, 5.41) is 7.15. The summed E-state index contributed by atoms with van der Waals surface area (Å²) >= 11 is 0. The lowest BCUT2D eigenvalue weighted by Crippen LogP contribution is -1.99. The van der Waals surface area contributed by atoms with E-state index in [0.29, 0.717) is 24.3 Å². The van der Waals surface area contributed by atoms with Crippen LogP contribution in [0, 0.1) is 5.82 Å². The highest BCUT2D eigenvalue weighted by Gasteiger charge is 2.12. The highest BCUT2D eigenvalue weighted by molar-refractivity contribution is 5.65. The van der Waals surface area contributed by atoms with Crippen LogP contribution in [0.1, 0.15) is 16.8 Å². The van der Waals surface area contributed by atoms with Gasteiger partial charge in [0.05, 0.1) is 5.69 Å². The average Bonchev–Trinajstić information content (AvgIpc) is 3.18. The van der Waals surface area contributed by atoms with Gasteiger partial charge in [-0.2, -0.15) is 5.10 Å². The molecule has 2 heterocycles. The van der Waals surface area contributed by atoms with Crippen LogP contribution in [0.3, 0.4) is 0 Å². The van der Waals surface area contributed by atoms with Crippen molar-refractivity contribution in [3.63, 3.8) is 0 Å². The average molecular weight is 359 g/mol. The number of ether oxygens (including phenoxy) is 1. The van der Waals surface area contributed by atoms with Gasteiger partial charge in [-0.15, -0.1) is 0 Å². The number of hydrogen-bond acceptors (Lipinski definition) is 3. The summed E-state index contributed by atoms with van der Waals surface area (Å²) in [6, 6.07) is 18.6. The van der Waals surface area contributed by atoms with Gasteiger partial charge in [-0.3, -0.25) is 10.1 Å². The predicted molar refractivity (Wildman–Crippen MR) is 102 cm³/mol. The maximum atomic E-state index is 14.6. The Hall–Kier alpha value is -3.47. The van der Waals surface area contributed by atoms with E-state index in [9.17, 15) is 4.39 Å². The molecule has 0 aliphatic heterocycles. The Morgan fingerprint density at radius 3 is 2.56 bits per heavy atom. The monoisotopic (exact) mass is 359 g/mol. The van der Waals surface area contributed by atoms with Crippen molar-refractivity contribution in [3.05, 3.63) is 102 Å². The lowest BCUT2D eigenvalue weighted by Gasteiger charge is -2.09. The summed E-state index contributed by atoms with van der Waals surface area (Å²) in [5.41, 5.74) is 4.35. The highest BCUT2D eigenvalue weighted by Crippen LogP contribution is 2.25. The van der Waals surface area contributed by atoms with Gasteiger partial charge in [0.1, 0.15) is 18.2 Å². The van der Waals surface area contributed by atoms with E-state index in [1.54, 1.807) is 24.5 Å². The second-order valence-electron chi connectivity index (χ2n) is 6.19. The Balaban J connectivity index is 1.49. The van der Waals surface area contributed by atoms with Crippen molar-refractivity contribution in [1.29, 1.82) is 0 Å². The second-order valence-corrected chi connectivity index (χ2v) is 6.19. The van der Waals surface area contributed by atoms with E-state index in [2.05, 4.69) is 15.2 Å². The zero-order valence-electron chi connectivity index (χ0n) is 14.6. The zero-order chi connectivity index (χ0) is 18.5. The molecule has 0 atom stereocenters. The standard InChI is InChI=1S/C22H18FN3O/c23-21-13-19(27-15-16-4-2-1-3-5-16)7-6-18(21)12-22-20(14-25-26-22)17-8-10-24-11-9-17/h1-11,13-14H,12,15H2,(H,25,26). The van der Waals surface area contributed by atoms with Crippen LogP contribution in [0.2, 0.25) is 0 Å². The first kappa shape index (κ1) is 17.0. The van der Waals surface area contributed by atoms with Gasteiger partial charge in [0.15, 0.2) is 0 Å². The van der Waals surface area contributed by atoms with Gasteiger partial charge in [0.25, 0.3) is 0 Å². The molecule has 2 aromatic carbocycles. The van der Waals surface area contributed by atoms with Crippen LogP contribution in [-0.4, -0.2) is 15.2 Å². The van der Waals surface area contributed by atoms with Crippen molar-refractivity contribution in [3.8, 4) is 16.9 Å². The van der Waals surface area contributed by atoms with E-state index in [1.165, 1.54) is 6.07 Å². The van der Waals surface area contributed by atoms with Crippen LogP contribution < -0.4 is 4.74 Å². The van der Waals surface area contributed by atoms with Gasteiger partial charge in [0, 0.05) is 36.6 Å². The van der Waals surface area contributed by atoms with Gasteiger partial charge >= 0.3 is 0 Å². The third kappa shape index (κ3) is 4.03. The minimum Gasteiger partial charge on any atom is -0.489 e. The number of halogens is 1. The Bertz CT molecular complexity index is 1020. The van der Waals surface area contributed by atoms with Crippen molar-refractivity contribution in [2.75, 3.05) is 0 Å². The summed E-state index contributed by atoms with van der Waals surface area (Å²) in [5.74, 6) is 0.209. The molecule has 0 aliphatic carbocycles. The Labute approximate surface area is 156 Å². The van der Waals surface area contributed by atoms with E-state index in [4.69, 9.17) is 4.74 Å². The molecule has 2 aromatic heterocycles. The van der Waals surface area contributed by atoms with Crippen LogP contribution in [0.4, 0.5) is 4.39 Å². The molecule has 0 radical (unpaired) electrons. The fourth-order valence-corrected chi connectivity index (χ4v) is 2.92. The van der Waals surface area contributed by atoms with E-state index in [1.807, 2.05) is 48.7 Å². The highest BCUT2D eigenvalue weighted by atomic mass is 19.1. The van der Waals surface area contributed by atoms with E-state index in [-0.39, 0.29) is 5.82 Å². The molecule has 0 fully saturated rings.